The fourth-order valence-corrected chi connectivity index (χ4v) is 4.06. The second-order valence-corrected chi connectivity index (χ2v) is 9.08. The van der Waals surface area contributed by atoms with Gasteiger partial charge in [0.15, 0.2) is 15.6 Å². The fourth-order valence-electron chi connectivity index (χ4n) is 2.03. The summed E-state index contributed by atoms with van der Waals surface area (Å²) in [5.74, 6) is -0.334. The molecule has 10 heteroatoms. The van der Waals surface area contributed by atoms with Gasteiger partial charge in [0, 0.05) is 19.3 Å². The van der Waals surface area contributed by atoms with Gasteiger partial charge in [0.1, 0.15) is 0 Å². The van der Waals surface area contributed by atoms with E-state index >= 15 is 0 Å². The summed E-state index contributed by atoms with van der Waals surface area (Å²) in [6, 6.07) is 6.96. The Labute approximate surface area is 146 Å². The van der Waals surface area contributed by atoms with Crippen molar-refractivity contribution in [2.45, 2.75) is 16.7 Å². The fraction of sp³-hybridized carbons (Fsp3) is 0.267. The topological polar surface area (TPSA) is 123 Å². The van der Waals surface area contributed by atoms with Gasteiger partial charge in [-0.25, -0.2) is 21.6 Å². The number of sulfone groups is 1. The SMILES string of the molecule is Cc1ccc(S(C)(=O)=O)cc1S(=O)(=O)NCCNC(=O)c1ccco1. The molecule has 8 nitrogen and oxygen atoms in total. The molecule has 0 radical (unpaired) electrons. The van der Waals surface area contributed by atoms with Crippen LogP contribution in [0.15, 0.2) is 50.8 Å². The summed E-state index contributed by atoms with van der Waals surface area (Å²) < 4.78 is 55.2. The number of hydrogen-bond donors (Lipinski definition) is 2. The molecule has 0 saturated carbocycles. The lowest BCUT2D eigenvalue weighted by atomic mass is 10.2. The monoisotopic (exact) mass is 386 g/mol. The first-order valence-electron chi connectivity index (χ1n) is 7.23. The van der Waals surface area contributed by atoms with E-state index in [1.165, 1.54) is 24.5 Å². The van der Waals surface area contributed by atoms with Gasteiger partial charge < -0.3 is 9.73 Å². The van der Waals surface area contributed by atoms with Crippen molar-refractivity contribution in [2.75, 3.05) is 19.3 Å². The van der Waals surface area contributed by atoms with E-state index in [9.17, 15) is 21.6 Å². The molecular weight excluding hydrogens is 368 g/mol. The Bertz CT molecular complexity index is 963. The highest BCUT2D eigenvalue weighted by atomic mass is 32.2. The van der Waals surface area contributed by atoms with Gasteiger partial charge in [-0.2, -0.15) is 0 Å². The van der Waals surface area contributed by atoms with E-state index in [2.05, 4.69) is 10.0 Å². The number of benzene rings is 1. The molecule has 1 aromatic heterocycles. The molecule has 25 heavy (non-hydrogen) atoms. The minimum atomic E-state index is -3.91. The smallest absolute Gasteiger partial charge is 0.287 e. The van der Waals surface area contributed by atoms with Crippen LogP contribution in [0.2, 0.25) is 0 Å². The second kappa shape index (κ2) is 7.38. The molecule has 0 saturated heterocycles. The minimum Gasteiger partial charge on any atom is -0.459 e. The number of sulfonamides is 1. The van der Waals surface area contributed by atoms with Crippen molar-refractivity contribution in [1.82, 2.24) is 10.0 Å². The average molecular weight is 386 g/mol. The first-order valence-corrected chi connectivity index (χ1v) is 10.6. The lowest BCUT2D eigenvalue weighted by Crippen LogP contribution is -2.34. The highest BCUT2D eigenvalue weighted by Gasteiger charge is 2.19. The quantitative estimate of drug-likeness (QED) is 0.676. The molecule has 0 spiro atoms. The molecule has 1 amide bonds. The maximum Gasteiger partial charge on any atom is 0.287 e. The molecule has 0 aliphatic carbocycles. The number of amides is 1. The molecule has 2 aromatic rings. The molecule has 0 bridgehead atoms. The molecule has 0 atom stereocenters. The predicted molar refractivity (Wildman–Crippen MR) is 90.5 cm³/mol. The van der Waals surface area contributed by atoms with Crippen molar-refractivity contribution >= 4 is 25.8 Å². The van der Waals surface area contributed by atoms with Gasteiger partial charge in [-0.1, -0.05) is 6.07 Å². The van der Waals surface area contributed by atoms with E-state index in [1.807, 2.05) is 0 Å². The van der Waals surface area contributed by atoms with Crippen LogP contribution in [0.1, 0.15) is 16.1 Å². The molecule has 2 rings (SSSR count). The van der Waals surface area contributed by atoms with Gasteiger partial charge in [0.2, 0.25) is 10.0 Å². The lowest BCUT2D eigenvalue weighted by molar-refractivity contribution is 0.0926. The molecule has 0 aliphatic rings. The maximum absolute atomic E-state index is 12.4. The van der Waals surface area contributed by atoms with Crippen LogP contribution >= 0.6 is 0 Å². The summed E-state index contributed by atoms with van der Waals surface area (Å²) in [6.07, 6.45) is 2.36. The Balaban J connectivity index is 2.03. The number of furan rings is 1. The second-order valence-electron chi connectivity index (χ2n) is 5.33. The lowest BCUT2D eigenvalue weighted by Gasteiger charge is -2.11. The van der Waals surface area contributed by atoms with Crippen LogP contribution in [0.4, 0.5) is 0 Å². The largest absolute Gasteiger partial charge is 0.459 e. The van der Waals surface area contributed by atoms with Gasteiger partial charge in [-0.15, -0.1) is 0 Å². The van der Waals surface area contributed by atoms with Gasteiger partial charge in [-0.05, 0) is 36.8 Å². The van der Waals surface area contributed by atoms with Crippen molar-refractivity contribution < 1.29 is 26.0 Å². The van der Waals surface area contributed by atoms with Crippen LogP contribution in [0.25, 0.3) is 0 Å². The van der Waals surface area contributed by atoms with E-state index in [1.54, 1.807) is 13.0 Å². The summed E-state index contributed by atoms with van der Waals surface area (Å²) >= 11 is 0. The molecule has 0 fully saturated rings. The third kappa shape index (κ3) is 4.91. The number of carbonyl (C=O) groups is 1. The van der Waals surface area contributed by atoms with Gasteiger partial charge in [0.25, 0.3) is 5.91 Å². The summed E-state index contributed by atoms with van der Waals surface area (Å²) in [4.78, 5) is 11.5. The van der Waals surface area contributed by atoms with Crippen molar-refractivity contribution in [3.63, 3.8) is 0 Å². The number of nitrogens with one attached hydrogen (secondary N) is 2. The number of rotatable bonds is 7. The van der Waals surface area contributed by atoms with Crippen molar-refractivity contribution in [3.05, 3.63) is 47.9 Å². The van der Waals surface area contributed by atoms with E-state index in [4.69, 9.17) is 4.42 Å². The molecule has 1 aromatic carbocycles. The van der Waals surface area contributed by atoms with Crippen LogP contribution in [0, 0.1) is 6.92 Å². The first-order chi connectivity index (χ1) is 11.6. The van der Waals surface area contributed by atoms with Crippen LogP contribution in [-0.2, 0) is 19.9 Å². The van der Waals surface area contributed by atoms with E-state index in [0.717, 1.165) is 12.3 Å². The van der Waals surface area contributed by atoms with Crippen molar-refractivity contribution in [1.29, 1.82) is 0 Å². The Morgan fingerprint density at radius 1 is 1.12 bits per heavy atom. The molecule has 2 N–H and O–H groups in total. The average Bonchev–Trinajstić information content (AvgIpc) is 3.05. The number of carbonyl (C=O) groups excluding carboxylic acids is 1. The summed E-state index contributed by atoms with van der Waals surface area (Å²) in [5, 5.41) is 2.50. The molecule has 0 unspecified atom stereocenters. The van der Waals surface area contributed by atoms with Gasteiger partial charge in [-0.3, -0.25) is 4.79 Å². The minimum absolute atomic E-state index is 0.0452. The summed E-state index contributed by atoms with van der Waals surface area (Å²) in [6.45, 7) is 1.56. The van der Waals surface area contributed by atoms with E-state index in [-0.39, 0.29) is 28.6 Å². The third-order valence-corrected chi connectivity index (χ3v) is 6.04. The number of aryl methyl sites for hydroxylation is 1. The highest BCUT2D eigenvalue weighted by Crippen LogP contribution is 2.19. The predicted octanol–water partition coefficient (Wildman–Crippen LogP) is 0.700. The Morgan fingerprint density at radius 2 is 1.84 bits per heavy atom. The highest BCUT2D eigenvalue weighted by molar-refractivity contribution is 7.91. The van der Waals surface area contributed by atoms with Crippen LogP contribution in [0.5, 0.6) is 0 Å². The normalized spacial score (nSPS) is 12.1. The summed E-state index contributed by atoms with van der Waals surface area (Å²) in [7, 11) is -7.44. The zero-order valence-electron chi connectivity index (χ0n) is 13.6. The Hall–Kier alpha value is -2.17. The molecule has 0 aliphatic heterocycles. The maximum atomic E-state index is 12.4. The van der Waals surface area contributed by atoms with Gasteiger partial charge in [0.05, 0.1) is 16.1 Å². The molecular formula is C15H18N2O6S2. The number of hydrogen-bond acceptors (Lipinski definition) is 6. The first kappa shape index (κ1) is 19.2. The van der Waals surface area contributed by atoms with Gasteiger partial charge >= 0.3 is 0 Å². The summed E-state index contributed by atoms with van der Waals surface area (Å²) in [5.41, 5.74) is 0.416. The Kier molecular flexibility index (Phi) is 5.65. The van der Waals surface area contributed by atoms with Crippen LogP contribution in [-0.4, -0.2) is 42.1 Å². The van der Waals surface area contributed by atoms with Crippen molar-refractivity contribution in [3.8, 4) is 0 Å². The Morgan fingerprint density at radius 3 is 2.44 bits per heavy atom. The van der Waals surface area contributed by atoms with E-state index in [0.29, 0.717) is 5.56 Å². The zero-order chi connectivity index (χ0) is 18.7. The van der Waals surface area contributed by atoms with Crippen molar-refractivity contribution in [2.24, 2.45) is 0 Å². The van der Waals surface area contributed by atoms with E-state index < -0.39 is 25.8 Å². The van der Waals surface area contributed by atoms with Crippen LogP contribution in [0.3, 0.4) is 0 Å². The van der Waals surface area contributed by atoms with Crippen LogP contribution < -0.4 is 10.0 Å². The molecule has 136 valence electrons. The third-order valence-electron chi connectivity index (χ3n) is 3.32. The standard InChI is InChI=1S/C15H18N2O6S2/c1-11-5-6-12(24(2,19)20)10-14(11)25(21,22)17-8-7-16-15(18)13-4-3-9-23-13/h3-6,9-10,17H,7-8H2,1-2H3,(H,16,18). The molecule has 1 heterocycles. The zero-order valence-corrected chi connectivity index (χ0v) is 15.3.